The summed E-state index contributed by atoms with van der Waals surface area (Å²) in [6.07, 6.45) is 1.76. The van der Waals surface area contributed by atoms with Crippen LogP contribution in [-0.4, -0.2) is 65.8 Å². The first-order valence-electron chi connectivity index (χ1n) is 15.6. The molecule has 4 heterocycles. The number of hydrogen-bond acceptors (Lipinski definition) is 9. The Morgan fingerprint density at radius 3 is 2.21 bits per heavy atom. The number of nitrogens with zero attached hydrogens (tertiary/aromatic N) is 6. The van der Waals surface area contributed by atoms with Gasteiger partial charge >= 0.3 is 0 Å². The van der Waals surface area contributed by atoms with E-state index in [1.165, 1.54) is 5.69 Å². The number of nitrogens with one attached hydrogen (secondary N) is 2. The molecule has 232 valence electrons. The molecular weight excluding hydrogens is 538 g/mol. The summed E-state index contributed by atoms with van der Waals surface area (Å²) in [5.74, 6) is 0.447. The molecule has 2 aromatic carbocycles. The van der Waals surface area contributed by atoms with Crippen LogP contribution in [0.1, 0.15) is 41.5 Å². The molecule has 0 aliphatic carbocycles. The summed E-state index contributed by atoms with van der Waals surface area (Å²) in [4.78, 5) is 29.4. The van der Waals surface area contributed by atoms with Crippen molar-refractivity contribution in [3.8, 4) is 0 Å². The third-order valence-corrected chi connectivity index (χ3v) is 7.21. The van der Waals surface area contributed by atoms with E-state index in [0.717, 1.165) is 48.6 Å². The molecule has 0 saturated carbocycles. The molecule has 1 fully saturated rings. The highest BCUT2D eigenvalue weighted by atomic mass is 16.1. The second-order valence-corrected chi connectivity index (χ2v) is 9.65. The van der Waals surface area contributed by atoms with Crippen molar-refractivity contribution in [2.75, 3.05) is 72.5 Å². The van der Waals surface area contributed by atoms with Gasteiger partial charge in [0.15, 0.2) is 0 Å². The molecule has 2 aromatic heterocycles. The standard InChI is InChI=1S/C27H31N9O.3C2H6/c1-33-12-14-35(15-13-33)20-8-6-19(7-9-20)31-27-30-17-18-16-23(26(37)34(2)25(18)32-27)36-11-10-29-24-21(28)4-3-5-22(24)36;3*1-2/h3-9,16-17,29H,10-15,28H2,1-2H3,(H,30,31,32);3*1-2H3. The molecule has 2 aliphatic rings. The van der Waals surface area contributed by atoms with Crippen molar-refractivity contribution >= 4 is 51.1 Å². The van der Waals surface area contributed by atoms with Gasteiger partial charge in [-0.2, -0.15) is 4.98 Å². The van der Waals surface area contributed by atoms with Gasteiger partial charge in [0.05, 0.1) is 17.1 Å². The number of nitrogen functional groups attached to an aromatic ring is 1. The van der Waals surface area contributed by atoms with Gasteiger partial charge in [0.2, 0.25) is 5.95 Å². The SMILES string of the molecule is CC.CC.CC.CN1CCN(c2ccc(Nc3ncc4cc(N5CCNc6c(N)cccc65)c(=O)n(C)c4n3)cc2)CC1. The predicted octanol–water partition coefficient (Wildman–Crippen LogP) is 6.05. The molecule has 0 radical (unpaired) electrons. The lowest BCUT2D eigenvalue weighted by Crippen LogP contribution is -2.44. The number of benzene rings is 2. The Kier molecular flexibility index (Phi) is 12.2. The van der Waals surface area contributed by atoms with Crippen LogP contribution in [0.2, 0.25) is 0 Å². The molecule has 0 unspecified atom stereocenters. The summed E-state index contributed by atoms with van der Waals surface area (Å²) in [6.45, 7) is 17.5. The third-order valence-electron chi connectivity index (χ3n) is 7.21. The summed E-state index contributed by atoms with van der Waals surface area (Å²) in [5, 5.41) is 7.41. The second-order valence-electron chi connectivity index (χ2n) is 9.65. The smallest absolute Gasteiger partial charge is 0.275 e. The lowest BCUT2D eigenvalue weighted by molar-refractivity contribution is 0.313. The zero-order valence-electron chi connectivity index (χ0n) is 27.1. The Hall–Kier alpha value is -4.31. The topological polar surface area (TPSA) is 108 Å². The first-order chi connectivity index (χ1) is 21.0. The number of para-hydroxylation sites is 1. The van der Waals surface area contributed by atoms with Gasteiger partial charge in [-0.15, -0.1) is 0 Å². The van der Waals surface area contributed by atoms with Crippen LogP contribution in [0.3, 0.4) is 0 Å². The molecule has 6 rings (SSSR count). The minimum Gasteiger partial charge on any atom is -0.397 e. The van der Waals surface area contributed by atoms with Crippen LogP contribution in [0.15, 0.2) is 59.5 Å². The van der Waals surface area contributed by atoms with Crippen LogP contribution in [0.25, 0.3) is 11.0 Å². The van der Waals surface area contributed by atoms with E-state index in [4.69, 9.17) is 5.73 Å². The fourth-order valence-electron chi connectivity index (χ4n) is 5.07. The maximum absolute atomic E-state index is 13.4. The molecule has 43 heavy (non-hydrogen) atoms. The molecule has 2 aliphatic heterocycles. The number of piperazine rings is 1. The summed E-state index contributed by atoms with van der Waals surface area (Å²) >= 11 is 0. The maximum atomic E-state index is 13.4. The number of pyridine rings is 1. The summed E-state index contributed by atoms with van der Waals surface area (Å²) in [5.41, 5.74) is 11.7. The predicted molar refractivity (Wildman–Crippen MR) is 185 cm³/mol. The van der Waals surface area contributed by atoms with E-state index in [0.29, 0.717) is 36.1 Å². The number of likely N-dealkylation sites (N-methyl/N-ethyl adjacent to an activating group) is 1. The van der Waals surface area contributed by atoms with E-state index in [-0.39, 0.29) is 5.56 Å². The molecule has 1 saturated heterocycles. The number of aryl methyl sites for hydroxylation is 1. The van der Waals surface area contributed by atoms with Crippen LogP contribution < -0.4 is 31.7 Å². The molecule has 4 aromatic rings. The molecule has 0 bridgehead atoms. The first kappa shape index (κ1) is 33.2. The zero-order valence-corrected chi connectivity index (χ0v) is 27.1. The molecule has 0 atom stereocenters. The van der Waals surface area contributed by atoms with E-state index in [1.54, 1.807) is 17.8 Å². The second kappa shape index (κ2) is 15.8. The quantitative estimate of drug-likeness (QED) is 0.246. The van der Waals surface area contributed by atoms with Crippen molar-refractivity contribution in [3.63, 3.8) is 0 Å². The fraction of sp³-hybridized carbons (Fsp3) is 0.424. The molecular formula is C33H49N9O. The van der Waals surface area contributed by atoms with Crippen LogP contribution in [0.5, 0.6) is 0 Å². The third kappa shape index (κ3) is 7.37. The summed E-state index contributed by atoms with van der Waals surface area (Å²) < 4.78 is 1.59. The van der Waals surface area contributed by atoms with Gasteiger partial charge in [-0.05, 0) is 49.5 Å². The van der Waals surface area contributed by atoms with Crippen molar-refractivity contribution in [2.24, 2.45) is 7.05 Å². The lowest BCUT2D eigenvalue weighted by atomic mass is 10.1. The Morgan fingerprint density at radius 1 is 0.860 bits per heavy atom. The monoisotopic (exact) mass is 587 g/mol. The van der Waals surface area contributed by atoms with Gasteiger partial charge < -0.3 is 31.1 Å². The number of anilines is 7. The fourth-order valence-corrected chi connectivity index (χ4v) is 5.07. The lowest BCUT2D eigenvalue weighted by Gasteiger charge is -2.34. The van der Waals surface area contributed by atoms with E-state index >= 15 is 0 Å². The first-order valence-corrected chi connectivity index (χ1v) is 15.6. The van der Waals surface area contributed by atoms with Gasteiger partial charge in [-0.25, -0.2) is 4.98 Å². The Morgan fingerprint density at radius 2 is 1.53 bits per heavy atom. The van der Waals surface area contributed by atoms with Crippen molar-refractivity contribution in [3.05, 3.63) is 65.1 Å². The zero-order chi connectivity index (χ0) is 31.5. The minimum atomic E-state index is -0.121. The highest BCUT2D eigenvalue weighted by molar-refractivity contribution is 5.89. The van der Waals surface area contributed by atoms with E-state index in [2.05, 4.69) is 49.6 Å². The van der Waals surface area contributed by atoms with Crippen molar-refractivity contribution in [1.29, 1.82) is 0 Å². The molecule has 10 nitrogen and oxygen atoms in total. The highest BCUT2D eigenvalue weighted by Gasteiger charge is 2.23. The largest absolute Gasteiger partial charge is 0.397 e. The van der Waals surface area contributed by atoms with Crippen LogP contribution in [0, 0.1) is 0 Å². The van der Waals surface area contributed by atoms with Crippen molar-refractivity contribution < 1.29 is 0 Å². The van der Waals surface area contributed by atoms with Crippen LogP contribution >= 0.6 is 0 Å². The summed E-state index contributed by atoms with van der Waals surface area (Å²) in [6, 6.07) is 15.9. The van der Waals surface area contributed by atoms with E-state index in [1.807, 2.05) is 82.8 Å². The number of hydrogen-bond donors (Lipinski definition) is 3. The molecule has 4 N–H and O–H groups in total. The Bertz CT molecular complexity index is 1510. The van der Waals surface area contributed by atoms with Gasteiger partial charge in [-0.1, -0.05) is 47.6 Å². The molecule has 0 amide bonds. The van der Waals surface area contributed by atoms with Crippen LogP contribution in [0.4, 0.5) is 40.1 Å². The Labute approximate surface area is 256 Å². The van der Waals surface area contributed by atoms with E-state index < -0.39 is 0 Å². The number of rotatable bonds is 4. The maximum Gasteiger partial charge on any atom is 0.275 e. The average molecular weight is 588 g/mol. The van der Waals surface area contributed by atoms with E-state index in [9.17, 15) is 4.79 Å². The minimum absolute atomic E-state index is 0.121. The van der Waals surface area contributed by atoms with Gasteiger partial charge in [0, 0.05) is 69.3 Å². The Balaban J connectivity index is 0.000000796. The average Bonchev–Trinajstić information content (AvgIpc) is 3.07. The van der Waals surface area contributed by atoms with Crippen molar-refractivity contribution in [1.82, 2.24) is 19.4 Å². The number of aromatic nitrogens is 3. The molecule has 0 spiro atoms. The molecule has 10 heteroatoms. The van der Waals surface area contributed by atoms with Crippen LogP contribution in [-0.2, 0) is 7.05 Å². The van der Waals surface area contributed by atoms with Gasteiger partial charge in [-0.3, -0.25) is 9.36 Å². The number of fused-ring (bicyclic) bond motifs is 2. The normalized spacial score (nSPS) is 14.1. The van der Waals surface area contributed by atoms with Gasteiger partial charge in [0.1, 0.15) is 11.3 Å². The highest BCUT2D eigenvalue weighted by Crippen LogP contribution is 2.37. The summed E-state index contributed by atoms with van der Waals surface area (Å²) in [7, 11) is 3.91. The van der Waals surface area contributed by atoms with Crippen molar-refractivity contribution in [2.45, 2.75) is 41.5 Å². The number of nitrogens with two attached hydrogens (primary N) is 1. The van der Waals surface area contributed by atoms with Gasteiger partial charge in [0.25, 0.3) is 5.56 Å².